The predicted octanol–water partition coefficient (Wildman–Crippen LogP) is 0.168. The zero-order chi connectivity index (χ0) is 21.0. The van der Waals surface area contributed by atoms with Crippen LogP contribution >= 0.6 is 0 Å². The van der Waals surface area contributed by atoms with Crippen LogP contribution in [0.2, 0.25) is 0 Å². The molecule has 3 rings (SSSR count). The Morgan fingerprint density at radius 1 is 1.10 bits per heavy atom. The summed E-state index contributed by atoms with van der Waals surface area (Å²) in [5.41, 5.74) is 2.26. The summed E-state index contributed by atoms with van der Waals surface area (Å²) in [5.74, 6) is -0.00643. The van der Waals surface area contributed by atoms with E-state index in [-0.39, 0.29) is 6.61 Å². The van der Waals surface area contributed by atoms with Crippen LogP contribution in [0.15, 0.2) is 48.5 Å². The van der Waals surface area contributed by atoms with Crippen molar-refractivity contribution in [1.82, 2.24) is 5.32 Å². The highest BCUT2D eigenvalue weighted by molar-refractivity contribution is 5.73. The zero-order valence-electron chi connectivity index (χ0n) is 15.9. The van der Waals surface area contributed by atoms with Crippen molar-refractivity contribution in [1.29, 1.82) is 0 Å². The lowest BCUT2D eigenvalue weighted by Gasteiger charge is -2.42. The fourth-order valence-corrected chi connectivity index (χ4v) is 3.34. The van der Waals surface area contributed by atoms with E-state index in [9.17, 15) is 25.2 Å². The molecule has 8 nitrogen and oxygen atoms in total. The molecular weight excluding hydrogens is 378 g/mol. The van der Waals surface area contributed by atoms with Gasteiger partial charge >= 0.3 is 0 Å². The number of carbonyl (C=O) groups excluding carboxylic acids is 1. The van der Waals surface area contributed by atoms with E-state index < -0.39 is 43.2 Å². The third-order valence-corrected chi connectivity index (χ3v) is 4.80. The Bertz CT molecular complexity index is 843. The van der Waals surface area contributed by atoms with Gasteiger partial charge in [0, 0.05) is 12.5 Å². The molecule has 0 saturated carbocycles. The van der Waals surface area contributed by atoms with Crippen molar-refractivity contribution in [3.63, 3.8) is 0 Å². The summed E-state index contributed by atoms with van der Waals surface area (Å²) in [4.78, 5) is 11.6. The van der Waals surface area contributed by atoms with E-state index in [2.05, 4.69) is 5.32 Å². The molecule has 1 saturated heterocycles. The van der Waals surface area contributed by atoms with Crippen LogP contribution in [-0.2, 0) is 16.1 Å². The van der Waals surface area contributed by atoms with Crippen LogP contribution in [-0.4, -0.2) is 63.6 Å². The highest BCUT2D eigenvalue weighted by Gasteiger charge is 2.46. The third kappa shape index (κ3) is 4.75. The van der Waals surface area contributed by atoms with Crippen LogP contribution in [0.4, 0.5) is 0 Å². The summed E-state index contributed by atoms with van der Waals surface area (Å²) in [6, 6.07) is 13.4. The fourth-order valence-electron chi connectivity index (χ4n) is 3.34. The van der Waals surface area contributed by atoms with Crippen molar-refractivity contribution >= 4 is 5.91 Å². The van der Waals surface area contributed by atoms with Crippen molar-refractivity contribution in [2.75, 3.05) is 6.61 Å². The van der Waals surface area contributed by atoms with E-state index >= 15 is 0 Å². The Kier molecular flexibility index (Phi) is 6.83. The number of hydrogen-bond acceptors (Lipinski definition) is 7. The van der Waals surface area contributed by atoms with E-state index in [4.69, 9.17) is 9.47 Å². The number of aliphatic hydroxyl groups is 4. The second kappa shape index (κ2) is 9.34. The van der Waals surface area contributed by atoms with Crippen LogP contribution in [0.5, 0.6) is 5.75 Å². The van der Waals surface area contributed by atoms with E-state index in [1.807, 2.05) is 30.3 Å². The maximum Gasteiger partial charge on any atom is 0.223 e. The molecule has 1 aliphatic rings. The number of aliphatic hydroxyl groups excluding tert-OH is 4. The van der Waals surface area contributed by atoms with Gasteiger partial charge in [-0.3, -0.25) is 4.79 Å². The Morgan fingerprint density at radius 3 is 2.55 bits per heavy atom. The highest BCUT2D eigenvalue weighted by atomic mass is 16.7. The summed E-state index contributed by atoms with van der Waals surface area (Å²) < 4.78 is 11.6. The molecule has 1 heterocycles. The lowest BCUT2D eigenvalue weighted by atomic mass is 9.96. The first-order valence-electron chi connectivity index (χ1n) is 9.30. The van der Waals surface area contributed by atoms with Crippen molar-refractivity contribution in [2.45, 2.75) is 44.2 Å². The molecule has 1 aliphatic heterocycles. The largest absolute Gasteiger partial charge is 0.462 e. The van der Waals surface area contributed by atoms with Crippen LogP contribution in [0.25, 0.3) is 11.1 Å². The van der Waals surface area contributed by atoms with Crippen molar-refractivity contribution < 1.29 is 34.7 Å². The maximum atomic E-state index is 11.6. The van der Waals surface area contributed by atoms with E-state index in [1.165, 1.54) is 6.92 Å². The van der Waals surface area contributed by atoms with Gasteiger partial charge in [-0.1, -0.05) is 36.4 Å². The van der Waals surface area contributed by atoms with Gasteiger partial charge in [-0.25, -0.2) is 0 Å². The molecule has 8 heteroatoms. The molecule has 1 amide bonds. The molecule has 29 heavy (non-hydrogen) atoms. The third-order valence-electron chi connectivity index (χ3n) is 4.80. The second-order valence-electron chi connectivity index (χ2n) is 6.91. The number of rotatable bonds is 6. The summed E-state index contributed by atoms with van der Waals surface area (Å²) >= 11 is 0. The fraction of sp³-hybridized carbons (Fsp3) is 0.381. The van der Waals surface area contributed by atoms with Crippen LogP contribution in [0, 0.1) is 0 Å². The highest BCUT2D eigenvalue weighted by Crippen LogP contribution is 2.33. The summed E-state index contributed by atoms with van der Waals surface area (Å²) in [5, 5.41) is 42.0. The number of para-hydroxylation sites is 1. The SMILES string of the molecule is CC(=O)NC1C(O)C(O)C(CO)O[C@H]1Oc1ccccc1-c1cccc(CO)c1. The van der Waals surface area contributed by atoms with Crippen LogP contribution in [0.1, 0.15) is 12.5 Å². The van der Waals surface area contributed by atoms with Crippen LogP contribution < -0.4 is 10.1 Å². The molecule has 0 spiro atoms. The number of carbonyl (C=O) groups is 1. The number of benzene rings is 2. The van der Waals surface area contributed by atoms with Crippen molar-refractivity contribution in [3.05, 3.63) is 54.1 Å². The molecule has 2 aromatic rings. The minimum absolute atomic E-state index is 0.102. The zero-order valence-corrected chi connectivity index (χ0v) is 15.9. The Morgan fingerprint density at radius 2 is 1.86 bits per heavy atom. The molecule has 2 aromatic carbocycles. The standard InChI is InChI=1S/C21H25NO7/c1-12(25)22-18-20(27)19(26)17(11-24)29-21(18)28-16-8-3-2-7-15(16)14-6-4-5-13(9-14)10-23/h2-9,17-21,23-24,26-27H,10-11H2,1H3,(H,22,25)/t17?,18?,19?,20?,21-/m1/s1. The molecule has 0 aliphatic carbocycles. The molecule has 156 valence electrons. The van der Waals surface area contributed by atoms with Crippen LogP contribution in [0.3, 0.4) is 0 Å². The Balaban J connectivity index is 1.93. The molecule has 0 bridgehead atoms. The lowest BCUT2D eigenvalue weighted by molar-refractivity contribution is -0.244. The first-order chi connectivity index (χ1) is 13.9. The van der Waals surface area contributed by atoms with Crippen molar-refractivity contribution in [2.24, 2.45) is 0 Å². The van der Waals surface area contributed by atoms with Gasteiger partial charge in [-0.2, -0.15) is 0 Å². The molecule has 5 atom stereocenters. The van der Waals surface area contributed by atoms with Gasteiger partial charge in [0.1, 0.15) is 30.1 Å². The van der Waals surface area contributed by atoms with E-state index in [0.717, 1.165) is 11.1 Å². The molecule has 4 unspecified atom stereocenters. The van der Waals surface area contributed by atoms with Gasteiger partial charge < -0.3 is 35.2 Å². The average Bonchev–Trinajstić information content (AvgIpc) is 2.73. The maximum absolute atomic E-state index is 11.6. The second-order valence-corrected chi connectivity index (χ2v) is 6.91. The van der Waals surface area contributed by atoms with E-state index in [0.29, 0.717) is 11.3 Å². The van der Waals surface area contributed by atoms with Crippen molar-refractivity contribution in [3.8, 4) is 16.9 Å². The monoisotopic (exact) mass is 403 g/mol. The molecule has 0 radical (unpaired) electrons. The number of nitrogens with one attached hydrogen (secondary N) is 1. The summed E-state index contributed by atoms with van der Waals surface area (Å²) in [7, 11) is 0. The molecule has 0 aromatic heterocycles. The van der Waals surface area contributed by atoms with Gasteiger partial charge in [0.05, 0.1) is 13.2 Å². The summed E-state index contributed by atoms with van der Waals surface area (Å²) in [6.45, 7) is 0.656. The van der Waals surface area contributed by atoms with Gasteiger partial charge in [0.2, 0.25) is 12.2 Å². The first-order valence-corrected chi connectivity index (χ1v) is 9.30. The molecular formula is C21H25NO7. The Labute approximate surface area is 168 Å². The first kappa shape index (κ1) is 21.2. The normalized spacial score (nSPS) is 26.7. The van der Waals surface area contributed by atoms with Gasteiger partial charge in [-0.05, 0) is 23.3 Å². The Hall–Kier alpha value is -2.49. The molecule has 1 fully saturated rings. The lowest BCUT2D eigenvalue weighted by Crippen LogP contribution is -2.65. The summed E-state index contributed by atoms with van der Waals surface area (Å²) in [6.07, 6.45) is -4.98. The van der Waals surface area contributed by atoms with E-state index in [1.54, 1.807) is 18.2 Å². The average molecular weight is 403 g/mol. The quantitative estimate of drug-likeness (QED) is 0.465. The number of ether oxygens (including phenoxy) is 2. The molecule has 5 N–H and O–H groups in total. The number of amides is 1. The van der Waals surface area contributed by atoms with Gasteiger partial charge in [0.15, 0.2) is 0 Å². The van der Waals surface area contributed by atoms with Gasteiger partial charge in [0.25, 0.3) is 0 Å². The minimum atomic E-state index is -1.39. The van der Waals surface area contributed by atoms with Gasteiger partial charge in [-0.15, -0.1) is 0 Å². The topological polar surface area (TPSA) is 128 Å². The predicted molar refractivity (Wildman–Crippen MR) is 104 cm³/mol. The minimum Gasteiger partial charge on any atom is -0.462 e. The smallest absolute Gasteiger partial charge is 0.223 e. The number of hydrogen-bond donors (Lipinski definition) is 5.